The van der Waals surface area contributed by atoms with E-state index in [2.05, 4.69) is 32.4 Å². The highest BCUT2D eigenvalue weighted by Crippen LogP contribution is 2.33. The smallest absolute Gasteiger partial charge is 0.296 e. The molecule has 10 nitrogen and oxygen atoms in total. The van der Waals surface area contributed by atoms with Crippen molar-refractivity contribution in [3.8, 4) is 28.8 Å². The number of hydrogen-bond donors (Lipinski definition) is 3. The van der Waals surface area contributed by atoms with Crippen molar-refractivity contribution in [2.75, 3.05) is 18.2 Å². The first-order chi connectivity index (χ1) is 17.3. The Hall–Kier alpha value is -4.91. The van der Waals surface area contributed by atoms with Crippen LogP contribution in [0.5, 0.6) is 5.75 Å². The van der Waals surface area contributed by atoms with Gasteiger partial charge in [0.25, 0.3) is 11.8 Å². The second kappa shape index (κ2) is 10.1. The second-order valence-electron chi connectivity index (χ2n) is 8.01. The van der Waals surface area contributed by atoms with Crippen LogP contribution in [-0.4, -0.2) is 38.3 Å². The molecule has 0 aliphatic heterocycles. The average molecular weight is 484 g/mol. The van der Waals surface area contributed by atoms with Crippen LogP contribution in [-0.2, 0) is 4.79 Å². The van der Waals surface area contributed by atoms with Crippen molar-refractivity contribution < 1.29 is 14.3 Å². The van der Waals surface area contributed by atoms with Crippen LogP contribution in [0.2, 0.25) is 0 Å². The van der Waals surface area contributed by atoms with Gasteiger partial charge in [-0.25, -0.2) is 15.0 Å². The zero-order chi connectivity index (χ0) is 25.8. The highest BCUT2D eigenvalue weighted by Gasteiger charge is 2.22. The third-order valence-corrected chi connectivity index (χ3v) is 5.46. The van der Waals surface area contributed by atoms with Gasteiger partial charge in [0.2, 0.25) is 0 Å². The lowest BCUT2D eigenvalue weighted by Gasteiger charge is -2.11. The van der Waals surface area contributed by atoms with E-state index in [1.807, 2.05) is 13.0 Å². The number of amides is 2. The Balaban J connectivity index is 1.73. The molecule has 0 aliphatic carbocycles. The van der Waals surface area contributed by atoms with Crippen LogP contribution in [0.1, 0.15) is 41.6 Å². The van der Waals surface area contributed by atoms with Crippen molar-refractivity contribution in [2.45, 2.75) is 26.8 Å². The number of hydrogen-bond acceptors (Lipinski definition) is 7. The van der Waals surface area contributed by atoms with Gasteiger partial charge in [0.15, 0.2) is 0 Å². The van der Waals surface area contributed by atoms with Crippen molar-refractivity contribution in [1.82, 2.24) is 24.7 Å². The van der Waals surface area contributed by atoms with E-state index in [0.29, 0.717) is 39.7 Å². The molecule has 1 unspecified atom stereocenters. The number of nitrogens with one attached hydrogen (secondary N) is 2. The van der Waals surface area contributed by atoms with Crippen LogP contribution in [0.4, 0.5) is 11.6 Å². The van der Waals surface area contributed by atoms with Crippen LogP contribution >= 0.6 is 0 Å². The van der Waals surface area contributed by atoms with E-state index in [1.54, 1.807) is 61.1 Å². The number of pyridine rings is 1. The van der Waals surface area contributed by atoms with Crippen LogP contribution in [0.25, 0.3) is 16.8 Å². The summed E-state index contributed by atoms with van der Waals surface area (Å²) in [5.41, 5.74) is 9.30. The van der Waals surface area contributed by atoms with Crippen molar-refractivity contribution in [3.05, 3.63) is 65.9 Å². The summed E-state index contributed by atoms with van der Waals surface area (Å²) in [5, 5.41) is 5.58. The molecule has 0 spiro atoms. The molecule has 0 saturated heterocycles. The van der Waals surface area contributed by atoms with E-state index >= 15 is 0 Å². The Kier molecular flexibility index (Phi) is 6.83. The summed E-state index contributed by atoms with van der Waals surface area (Å²) in [6, 6.07) is 8.24. The summed E-state index contributed by atoms with van der Waals surface area (Å²) in [6.07, 6.45) is 4.96. The summed E-state index contributed by atoms with van der Waals surface area (Å²) in [4.78, 5) is 38.1. The second-order valence-corrected chi connectivity index (χ2v) is 8.01. The summed E-state index contributed by atoms with van der Waals surface area (Å²) < 4.78 is 7.30. The van der Waals surface area contributed by atoms with Gasteiger partial charge in [-0.1, -0.05) is 18.1 Å². The molecule has 3 aromatic heterocycles. The van der Waals surface area contributed by atoms with Gasteiger partial charge in [-0.3, -0.25) is 14.0 Å². The molecule has 3 heterocycles. The highest BCUT2D eigenvalue weighted by atomic mass is 16.5. The summed E-state index contributed by atoms with van der Waals surface area (Å²) in [7, 11) is 1.49. The molecule has 10 heteroatoms. The average Bonchev–Trinajstić information content (AvgIpc) is 3.26. The molecular formula is C26H25N7O3. The molecular weight excluding hydrogens is 458 g/mol. The van der Waals surface area contributed by atoms with Gasteiger partial charge >= 0.3 is 0 Å². The quantitative estimate of drug-likeness (QED) is 0.358. The molecule has 0 saturated carbocycles. The van der Waals surface area contributed by atoms with Gasteiger partial charge in [0, 0.05) is 24.2 Å². The number of methoxy groups -OCH3 is 1. The number of carbonyl (C=O) groups excluding carboxylic acids is 2. The zero-order valence-corrected chi connectivity index (χ0v) is 20.3. The molecule has 0 fully saturated rings. The Morgan fingerprint density at radius 2 is 2.00 bits per heavy atom. The van der Waals surface area contributed by atoms with Crippen LogP contribution in [0, 0.1) is 18.8 Å². The number of aromatic nitrogens is 4. The lowest BCUT2D eigenvalue weighted by molar-refractivity contribution is -0.116. The molecule has 182 valence electrons. The Morgan fingerprint density at radius 3 is 2.69 bits per heavy atom. The minimum absolute atomic E-state index is 0.268. The maximum Gasteiger partial charge on any atom is 0.296 e. The zero-order valence-electron chi connectivity index (χ0n) is 20.3. The van der Waals surface area contributed by atoms with Crippen molar-refractivity contribution >= 4 is 29.0 Å². The third kappa shape index (κ3) is 4.81. The van der Waals surface area contributed by atoms with Gasteiger partial charge in [0.05, 0.1) is 18.7 Å². The Morgan fingerprint density at radius 1 is 1.19 bits per heavy atom. The predicted molar refractivity (Wildman–Crippen MR) is 136 cm³/mol. The third-order valence-electron chi connectivity index (χ3n) is 5.46. The van der Waals surface area contributed by atoms with Crippen LogP contribution in [0.3, 0.4) is 0 Å². The van der Waals surface area contributed by atoms with Crippen molar-refractivity contribution in [3.63, 3.8) is 0 Å². The molecule has 0 aliphatic rings. The number of rotatable bonds is 6. The highest BCUT2D eigenvalue weighted by molar-refractivity contribution is 6.06. The fourth-order valence-electron chi connectivity index (χ4n) is 3.76. The lowest BCUT2D eigenvalue weighted by Crippen LogP contribution is -2.26. The van der Waals surface area contributed by atoms with Gasteiger partial charge in [0.1, 0.15) is 34.4 Å². The molecule has 0 radical (unpaired) electrons. The first kappa shape index (κ1) is 24.2. The normalized spacial score (nSPS) is 11.3. The predicted octanol–water partition coefficient (Wildman–Crippen LogP) is 3.14. The number of nitrogen functional groups attached to an aromatic ring is 1. The van der Waals surface area contributed by atoms with Gasteiger partial charge in [-0.2, -0.15) is 0 Å². The van der Waals surface area contributed by atoms with E-state index in [0.717, 1.165) is 5.56 Å². The van der Waals surface area contributed by atoms with E-state index in [9.17, 15) is 9.59 Å². The van der Waals surface area contributed by atoms with Crippen molar-refractivity contribution in [1.29, 1.82) is 0 Å². The first-order valence-electron chi connectivity index (χ1n) is 11.1. The maximum atomic E-state index is 12.9. The maximum absolute atomic E-state index is 12.9. The standard InChI is InChI=1S/C26H25N7O3/c1-5-6-21(34)30-16(3)25-32-22(23-24(27)28-11-12-33(23)25)17-8-9-18(19(13-17)36-4)26(35)31-20-10-7-15(2)14-29-20/h7-14,16H,1-4H3,(H2,27,28)(H,30,34)(H,29,31,35). The molecule has 4 aromatic rings. The molecule has 0 bridgehead atoms. The molecule has 36 heavy (non-hydrogen) atoms. The number of anilines is 2. The summed E-state index contributed by atoms with van der Waals surface area (Å²) in [6.45, 7) is 5.31. The van der Waals surface area contributed by atoms with E-state index in [1.165, 1.54) is 7.11 Å². The van der Waals surface area contributed by atoms with Gasteiger partial charge in [-0.05, 0) is 50.5 Å². The number of fused-ring (bicyclic) bond motifs is 1. The minimum atomic E-state index is -0.463. The number of benzene rings is 1. The number of imidazole rings is 1. The Bertz CT molecular complexity index is 1510. The van der Waals surface area contributed by atoms with Gasteiger partial charge < -0.3 is 21.1 Å². The van der Waals surface area contributed by atoms with Crippen LogP contribution < -0.4 is 21.1 Å². The lowest BCUT2D eigenvalue weighted by atomic mass is 10.1. The van der Waals surface area contributed by atoms with E-state index in [4.69, 9.17) is 15.5 Å². The Labute approximate surface area is 207 Å². The number of aryl methyl sites for hydroxylation is 1. The van der Waals surface area contributed by atoms with E-state index in [-0.39, 0.29) is 11.7 Å². The number of ether oxygens (including phenoxy) is 1. The summed E-state index contributed by atoms with van der Waals surface area (Å²) in [5.74, 6) is 5.87. The fourth-order valence-corrected chi connectivity index (χ4v) is 3.76. The molecule has 1 atom stereocenters. The first-order valence-corrected chi connectivity index (χ1v) is 11.1. The molecule has 1 aromatic carbocycles. The summed E-state index contributed by atoms with van der Waals surface area (Å²) >= 11 is 0. The fraction of sp³-hybridized carbons (Fsp3) is 0.192. The number of carbonyl (C=O) groups is 2. The monoisotopic (exact) mass is 483 g/mol. The SMILES string of the molecule is CC#CC(=O)NC(C)c1nc(-c2ccc(C(=O)Nc3ccc(C)cn3)c(OC)c2)c2c(N)nccn12. The number of nitrogens with two attached hydrogens (primary N) is 1. The van der Waals surface area contributed by atoms with E-state index < -0.39 is 11.9 Å². The molecule has 2 amide bonds. The number of nitrogens with zero attached hydrogens (tertiary/aromatic N) is 4. The van der Waals surface area contributed by atoms with Crippen LogP contribution in [0.15, 0.2) is 48.9 Å². The van der Waals surface area contributed by atoms with Crippen molar-refractivity contribution in [2.24, 2.45) is 0 Å². The minimum Gasteiger partial charge on any atom is -0.496 e. The largest absolute Gasteiger partial charge is 0.496 e. The molecule has 4 rings (SSSR count). The van der Waals surface area contributed by atoms with Gasteiger partial charge in [-0.15, -0.1) is 0 Å². The molecule has 4 N–H and O–H groups in total. The topological polar surface area (TPSA) is 137 Å².